The van der Waals surface area contributed by atoms with Crippen molar-refractivity contribution in [2.24, 2.45) is 0 Å². The Hall–Kier alpha value is -1.31. The molecule has 0 aromatic heterocycles. The van der Waals surface area contributed by atoms with Crippen LogP contribution in [0.5, 0.6) is 0 Å². The van der Waals surface area contributed by atoms with Crippen LogP contribution in [0.25, 0.3) is 0 Å². The Morgan fingerprint density at radius 3 is 3.00 bits per heavy atom. The second kappa shape index (κ2) is 5.77. The zero-order valence-electron chi connectivity index (χ0n) is 10.3. The van der Waals surface area contributed by atoms with Gasteiger partial charge in [0.2, 0.25) is 0 Å². The first-order valence-corrected chi connectivity index (χ1v) is 7.14. The fourth-order valence-corrected chi connectivity index (χ4v) is 2.21. The van der Waals surface area contributed by atoms with Crippen molar-refractivity contribution < 1.29 is 18.7 Å². The number of hydrogen-bond acceptors (Lipinski definition) is 3. The van der Waals surface area contributed by atoms with Gasteiger partial charge in [-0.2, -0.15) is 0 Å². The van der Waals surface area contributed by atoms with Crippen LogP contribution in [0, 0.1) is 5.82 Å². The third-order valence-electron chi connectivity index (χ3n) is 2.72. The molecule has 1 aliphatic rings. The number of rotatable bonds is 3. The van der Waals surface area contributed by atoms with E-state index in [4.69, 9.17) is 4.74 Å². The van der Waals surface area contributed by atoms with E-state index in [1.165, 1.54) is 17.9 Å². The Balaban J connectivity index is 2.07. The number of nitrogens with one attached hydrogen (secondary N) is 1. The van der Waals surface area contributed by atoms with Crippen LogP contribution in [0.4, 0.5) is 14.9 Å². The molecular weight excluding hydrogens is 358 g/mol. The van der Waals surface area contributed by atoms with Crippen molar-refractivity contribution in [3.8, 4) is 0 Å². The first-order chi connectivity index (χ1) is 8.97. The topological polar surface area (TPSA) is 58.6 Å². The summed E-state index contributed by atoms with van der Waals surface area (Å²) < 4.78 is 19.2. The van der Waals surface area contributed by atoms with Crippen molar-refractivity contribution in [3.63, 3.8) is 0 Å². The molecule has 1 aromatic carbocycles. The SMILES string of the molecule is CC(=O)NC[C@H]1CN(c2cc[c]([Sn])c(F)c2)C(=O)O1. The van der Waals surface area contributed by atoms with Crippen LogP contribution in [0.15, 0.2) is 18.2 Å². The summed E-state index contributed by atoms with van der Waals surface area (Å²) in [5, 5.41) is 2.59. The summed E-state index contributed by atoms with van der Waals surface area (Å²) in [5.74, 6) is -0.507. The van der Waals surface area contributed by atoms with E-state index in [2.05, 4.69) is 5.32 Å². The van der Waals surface area contributed by atoms with E-state index in [9.17, 15) is 14.0 Å². The van der Waals surface area contributed by atoms with Gasteiger partial charge < -0.3 is 0 Å². The van der Waals surface area contributed by atoms with Crippen LogP contribution in [0.1, 0.15) is 6.92 Å². The maximum atomic E-state index is 13.5. The van der Waals surface area contributed by atoms with Crippen LogP contribution in [0.3, 0.4) is 0 Å². The van der Waals surface area contributed by atoms with Gasteiger partial charge in [-0.25, -0.2) is 0 Å². The Morgan fingerprint density at radius 1 is 1.63 bits per heavy atom. The summed E-state index contributed by atoms with van der Waals surface area (Å²) in [6.45, 7) is 1.96. The number of cyclic esters (lactones) is 1. The predicted octanol–water partition coefficient (Wildman–Crippen LogP) is 0.0808. The Labute approximate surface area is 123 Å². The van der Waals surface area contributed by atoms with Crippen molar-refractivity contribution in [2.45, 2.75) is 13.0 Å². The molecule has 2 amide bonds. The molecule has 0 spiro atoms. The van der Waals surface area contributed by atoms with Crippen LogP contribution >= 0.6 is 0 Å². The van der Waals surface area contributed by atoms with E-state index in [1.807, 2.05) is 0 Å². The van der Waals surface area contributed by atoms with Crippen molar-refractivity contribution in [3.05, 3.63) is 24.0 Å². The van der Waals surface area contributed by atoms with E-state index >= 15 is 0 Å². The average molecular weight is 370 g/mol. The molecular formula is C12H12FN2O3Sn. The number of nitrogens with zero attached hydrogens (tertiary/aromatic N) is 1. The first kappa shape index (κ1) is 14.1. The van der Waals surface area contributed by atoms with Gasteiger partial charge in [0.1, 0.15) is 0 Å². The standard InChI is InChI=1S/C12H12FN2O3.Sn/c1-8(16)14-6-11-7-15(12(17)18-11)10-4-2-3-9(13)5-10;/h2,4-5,11H,6-7H2,1H3,(H,14,16);/t11-;/m0./s1. The van der Waals surface area contributed by atoms with Gasteiger partial charge in [0.15, 0.2) is 0 Å². The molecule has 0 bridgehead atoms. The molecule has 1 heterocycles. The molecule has 1 aliphatic heterocycles. The van der Waals surface area contributed by atoms with Gasteiger partial charge >= 0.3 is 123 Å². The summed E-state index contributed by atoms with van der Waals surface area (Å²) >= 11 is 0.984. The maximum absolute atomic E-state index is 13.5. The van der Waals surface area contributed by atoms with Crippen LogP contribution in [0.2, 0.25) is 0 Å². The molecule has 7 heteroatoms. The quantitative estimate of drug-likeness (QED) is 0.768. The molecule has 19 heavy (non-hydrogen) atoms. The zero-order valence-corrected chi connectivity index (χ0v) is 13.1. The molecule has 0 saturated carbocycles. The van der Waals surface area contributed by atoms with Gasteiger partial charge in [-0.3, -0.25) is 0 Å². The third-order valence-corrected chi connectivity index (χ3v) is 3.87. The number of halogens is 1. The second-order valence-electron chi connectivity index (χ2n) is 4.22. The minimum absolute atomic E-state index is 0.181. The summed E-state index contributed by atoms with van der Waals surface area (Å²) in [6.07, 6.45) is -0.932. The summed E-state index contributed by atoms with van der Waals surface area (Å²) in [7, 11) is 0. The number of anilines is 1. The summed E-state index contributed by atoms with van der Waals surface area (Å²) in [6, 6.07) is 4.67. The normalized spacial score (nSPS) is 18.4. The first-order valence-electron chi connectivity index (χ1n) is 5.71. The van der Waals surface area contributed by atoms with Gasteiger partial charge in [0.05, 0.1) is 0 Å². The van der Waals surface area contributed by atoms with Crippen LogP contribution in [-0.2, 0) is 9.53 Å². The third kappa shape index (κ3) is 3.37. The van der Waals surface area contributed by atoms with E-state index < -0.39 is 12.2 Å². The van der Waals surface area contributed by atoms with Gasteiger partial charge in [-0.15, -0.1) is 0 Å². The van der Waals surface area contributed by atoms with Crippen molar-refractivity contribution in [2.75, 3.05) is 18.0 Å². The Kier molecular flexibility index (Phi) is 4.28. The molecule has 1 aromatic rings. The van der Waals surface area contributed by atoms with E-state index in [-0.39, 0.29) is 18.3 Å². The Bertz CT molecular complexity index is 524. The molecule has 3 radical (unpaired) electrons. The fourth-order valence-electron chi connectivity index (χ4n) is 1.77. The molecule has 5 nitrogen and oxygen atoms in total. The number of ether oxygens (including phenoxy) is 1. The Morgan fingerprint density at radius 2 is 2.37 bits per heavy atom. The molecule has 2 rings (SSSR count). The number of amides is 2. The molecule has 1 N–H and O–H groups in total. The second-order valence-corrected chi connectivity index (χ2v) is 5.76. The monoisotopic (exact) mass is 371 g/mol. The van der Waals surface area contributed by atoms with Crippen molar-refractivity contribution >= 4 is 43.8 Å². The molecule has 1 fully saturated rings. The van der Waals surface area contributed by atoms with Crippen molar-refractivity contribution in [1.82, 2.24) is 5.32 Å². The number of hydrogen-bond donors (Lipinski definition) is 1. The van der Waals surface area contributed by atoms with Gasteiger partial charge in [-0.1, -0.05) is 0 Å². The van der Waals surface area contributed by atoms with Gasteiger partial charge in [0, 0.05) is 0 Å². The summed E-state index contributed by atoms with van der Waals surface area (Å²) in [5.41, 5.74) is 0.471. The molecule has 1 atom stereocenters. The van der Waals surface area contributed by atoms with Crippen molar-refractivity contribution in [1.29, 1.82) is 0 Å². The molecule has 0 unspecified atom stereocenters. The van der Waals surface area contributed by atoms with Gasteiger partial charge in [0.25, 0.3) is 0 Å². The van der Waals surface area contributed by atoms with E-state index in [0.29, 0.717) is 15.8 Å². The van der Waals surface area contributed by atoms with Crippen LogP contribution < -0.4 is 13.8 Å². The fraction of sp³-hybridized carbons (Fsp3) is 0.333. The average Bonchev–Trinajstić information content (AvgIpc) is 2.72. The van der Waals surface area contributed by atoms with E-state index in [0.717, 1.165) is 22.5 Å². The van der Waals surface area contributed by atoms with Crippen LogP contribution in [-0.4, -0.2) is 53.7 Å². The molecule has 1 saturated heterocycles. The molecule has 0 aliphatic carbocycles. The number of benzene rings is 1. The zero-order chi connectivity index (χ0) is 14.0. The summed E-state index contributed by atoms with van der Waals surface area (Å²) in [4.78, 5) is 23.9. The number of carbonyl (C=O) groups is 2. The van der Waals surface area contributed by atoms with Gasteiger partial charge in [-0.05, 0) is 0 Å². The molecule has 99 valence electrons. The van der Waals surface area contributed by atoms with E-state index in [1.54, 1.807) is 12.1 Å². The predicted molar refractivity (Wildman–Crippen MR) is 68.1 cm³/mol. The minimum atomic E-state index is -0.522. The number of carbonyl (C=O) groups excluding carboxylic acids is 2.